The number of Topliss-reactive ketones (excluding diaryl/α,β-unsaturated/α-hetero) is 1. The molecule has 0 aromatic rings. The van der Waals surface area contributed by atoms with Crippen molar-refractivity contribution in [3.05, 3.63) is 10.1 Å². The first-order chi connectivity index (χ1) is 19.7. The fourth-order valence-corrected chi connectivity index (χ4v) is 7.53. The van der Waals surface area contributed by atoms with E-state index in [9.17, 15) is 24.5 Å². The SMILES string of the molecule is CC(C)C[C@H](NC(=O)[C@H](CCCN=C(N)N[N+](=O)[O-])CC(=O)CN1CCCC1=O)B1O[C@@H]2C[C@@H]3C[C@@H](C3(C)C)[C@]2(C)O1. The summed E-state index contributed by atoms with van der Waals surface area (Å²) in [6.07, 6.45) is 4.55. The molecule has 14 heteroatoms. The van der Waals surface area contributed by atoms with E-state index in [-0.39, 0.29) is 60.5 Å². The summed E-state index contributed by atoms with van der Waals surface area (Å²) in [6.45, 7) is 11.6. The monoisotopic (exact) mass is 590 g/mol. The van der Waals surface area contributed by atoms with Crippen LogP contribution in [0.4, 0.5) is 0 Å². The summed E-state index contributed by atoms with van der Waals surface area (Å²) in [5.41, 5.74) is 7.09. The van der Waals surface area contributed by atoms with E-state index in [0.29, 0.717) is 44.1 Å². The van der Waals surface area contributed by atoms with E-state index in [2.05, 4.69) is 44.9 Å². The van der Waals surface area contributed by atoms with Crippen molar-refractivity contribution in [2.45, 2.75) is 104 Å². The van der Waals surface area contributed by atoms with E-state index in [4.69, 9.17) is 15.0 Å². The van der Waals surface area contributed by atoms with Gasteiger partial charge in [0.15, 0.2) is 10.8 Å². The van der Waals surface area contributed by atoms with Crippen LogP contribution in [0, 0.1) is 39.2 Å². The van der Waals surface area contributed by atoms with Crippen LogP contribution in [0.3, 0.4) is 0 Å². The van der Waals surface area contributed by atoms with Crippen molar-refractivity contribution < 1.29 is 28.7 Å². The predicted octanol–water partition coefficient (Wildman–Crippen LogP) is 1.86. The highest BCUT2D eigenvalue weighted by Gasteiger charge is 2.68. The summed E-state index contributed by atoms with van der Waals surface area (Å²) in [5.74, 6) is -0.634. The molecule has 5 rings (SSSR count). The molecule has 0 aromatic carbocycles. The molecule has 4 N–H and O–H groups in total. The van der Waals surface area contributed by atoms with Crippen molar-refractivity contribution in [1.29, 1.82) is 0 Å². The minimum atomic E-state index is -0.795. The average Bonchev–Trinajstić information content (AvgIpc) is 3.46. The van der Waals surface area contributed by atoms with Crippen LogP contribution in [0.15, 0.2) is 4.99 Å². The van der Waals surface area contributed by atoms with Crippen LogP contribution in [-0.2, 0) is 23.7 Å². The van der Waals surface area contributed by atoms with Crippen LogP contribution in [-0.4, -0.2) is 77.9 Å². The minimum absolute atomic E-state index is 0.0108. The van der Waals surface area contributed by atoms with Crippen molar-refractivity contribution in [2.75, 3.05) is 19.6 Å². The second-order valence-corrected chi connectivity index (χ2v) is 13.7. The van der Waals surface area contributed by atoms with E-state index in [1.165, 1.54) is 0 Å². The number of nitrogens with zero attached hydrogens (tertiary/aromatic N) is 3. The van der Waals surface area contributed by atoms with Gasteiger partial charge in [-0.05, 0) is 68.6 Å². The molecule has 13 nitrogen and oxygen atoms in total. The molecule has 0 spiro atoms. The summed E-state index contributed by atoms with van der Waals surface area (Å²) in [5, 5.41) is 12.9. The Morgan fingerprint density at radius 3 is 2.64 bits per heavy atom. The molecule has 42 heavy (non-hydrogen) atoms. The number of nitro groups is 1. The number of ketones is 1. The number of aliphatic imine (C=N–C) groups is 1. The number of hydrogen-bond acceptors (Lipinski definition) is 8. The smallest absolute Gasteiger partial charge is 0.404 e. The third-order valence-electron chi connectivity index (χ3n) is 9.93. The number of carbonyl (C=O) groups excluding carboxylic acids is 3. The van der Waals surface area contributed by atoms with Crippen LogP contribution in [0.2, 0.25) is 0 Å². The first-order valence-electron chi connectivity index (χ1n) is 15.3. The van der Waals surface area contributed by atoms with Crippen LogP contribution in [0.5, 0.6) is 0 Å². The number of hydrogen-bond donors (Lipinski definition) is 3. The summed E-state index contributed by atoms with van der Waals surface area (Å²) in [6, 6.07) is 0. The molecule has 2 aliphatic heterocycles. The molecule has 3 saturated carbocycles. The van der Waals surface area contributed by atoms with E-state index in [0.717, 1.165) is 19.3 Å². The van der Waals surface area contributed by atoms with Crippen molar-refractivity contribution in [3.8, 4) is 0 Å². The zero-order valence-corrected chi connectivity index (χ0v) is 25.6. The first kappa shape index (κ1) is 32.2. The minimum Gasteiger partial charge on any atom is -0.404 e. The Labute approximate surface area is 248 Å². The van der Waals surface area contributed by atoms with E-state index >= 15 is 0 Å². The zero-order valence-electron chi connectivity index (χ0n) is 25.6. The van der Waals surface area contributed by atoms with Crippen molar-refractivity contribution in [1.82, 2.24) is 15.6 Å². The summed E-state index contributed by atoms with van der Waals surface area (Å²) >= 11 is 0. The largest absolute Gasteiger partial charge is 0.481 e. The maximum Gasteiger partial charge on any atom is 0.481 e. The number of carbonyl (C=O) groups is 3. The summed E-state index contributed by atoms with van der Waals surface area (Å²) in [4.78, 5) is 54.9. The van der Waals surface area contributed by atoms with Gasteiger partial charge in [-0.25, -0.2) is 15.1 Å². The first-order valence-corrected chi connectivity index (χ1v) is 15.3. The lowest BCUT2D eigenvalue weighted by molar-refractivity contribution is -0.525. The quantitative estimate of drug-likeness (QED) is 0.0680. The van der Waals surface area contributed by atoms with E-state index in [1.54, 1.807) is 10.3 Å². The van der Waals surface area contributed by atoms with Crippen LogP contribution >= 0.6 is 0 Å². The average molecular weight is 591 g/mol. The fourth-order valence-electron chi connectivity index (χ4n) is 7.53. The molecule has 2 saturated heterocycles. The van der Waals surface area contributed by atoms with Gasteiger partial charge in [0.05, 0.1) is 24.2 Å². The van der Waals surface area contributed by atoms with Gasteiger partial charge in [-0.15, -0.1) is 0 Å². The number of rotatable bonds is 14. The lowest BCUT2D eigenvalue weighted by Gasteiger charge is -2.64. The van der Waals surface area contributed by atoms with Gasteiger partial charge in [-0.1, -0.05) is 33.1 Å². The Morgan fingerprint density at radius 2 is 2.02 bits per heavy atom. The lowest BCUT2D eigenvalue weighted by Crippen LogP contribution is -2.65. The van der Waals surface area contributed by atoms with Crippen molar-refractivity contribution >= 4 is 30.7 Å². The molecule has 3 aliphatic carbocycles. The van der Waals surface area contributed by atoms with Crippen LogP contribution in [0.25, 0.3) is 0 Å². The van der Waals surface area contributed by atoms with Gasteiger partial charge in [-0.3, -0.25) is 14.4 Å². The molecule has 2 amide bonds. The Hall–Kier alpha value is -2.74. The molecule has 6 atom stereocenters. The van der Waals surface area contributed by atoms with Gasteiger partial charge in [0.25, 0.3) is 5.96 Å². The standard InChI is InChI=1S/C28H47BN6O7/c1-17(2)12-23(29-41-22-15-19-14-21(27(19,3)4)28(22,5)42-29)32-25(38)18(8-6-10-31-26(30)33-35(39)40)13-20(36)16-34-11-7-9-24(34)37/h17-19,21-23H,6-16H2,1-5H3,(H,32,38)(H3,30,31,33)/t18-,19+,21+,22-,23+,28+/m1/s1. The molecule has 2 heterocycles. The number of guanidine groups is 1. The van der Waals surface area contributed by atoms with E-state index < -0.39 is 29.6 Å². The van der Waals surface area contributed by atoms with Crippen molar-refractivity contribution in [3.63, 3.8) is 0 Å². The Morgan fingerprint density at radius 1 is 1.29 bits per heavy atom. The highest BCUT2D eigenvalue weighted by atomic mass is 16.7. The normalized spacial score (nSPS) is 29.6. The Balaban J connectivity index is 1.43. The molecule has 0 aromatic heterocycles. The molecule has 234 valence electrons. The second kappa shape index (κ2) is 12.9. The summed E-state index contributed by atoms with van der Waals surface area (Å²) in [7, 11) is -0.585. The number of nitrogens with one attached hydrogen (secondary N) is 2. The zero-order chi connectivity index (χ0) is 30.8. The van der Waals surface area contributed by atoms with Gasteiger partial charge in [0, 0.05) is 31.8 Å². The number of likely N-dealkylation sites (tertiary alicyclic amines) is 1. The highest BCUT2D eigenvalue weighted by molar-refractivity contribution is 6.47. The van der Waals surface area contributed by atoms with Crippen LogP contribution in [0.1, 0.15) is 86.0 Å². The highest BCUT2D eigenvalue weighted by Crippen LogP contribution is 2.65. The Bertz CT molecular complexity index is 1090. The molecule has 0 unspecified atom stereocenters. The third kappa shape index (κ3) is 7.07. The molecule has 2 bridgehead atoms. The van der Waals surface area contributed by atoms with Crippen molar-refractivity contribution in [2.24, 2.45) is 39.8 Å². The molecular weight excluding hydrogens is 543 g/mol. The maximum absolute atomic E-state index is 13.8. The van der Waals surface area contributed by atoms with Crippen LogP contribution < -0.4 is 16.5 Å². The summed E-state index contributed by atoms with van der Waals surface area (Å²) < 4.78 is 13.2. The second-order valence-electron chi connectivity index (χ2n) is 13.7. The van der Waals surface area contributed by atoms with Gasteiger partial charge in [0.2, 0.25) is 11.8 Å². The fraction of sp³-hybridized carbons (Fsp3) is 0.857. The number of amides is 2. The lowest BCUT2D eigenvalue weighted by atomic mass is 9.43. The molecule has 5 aliphatic rings. The van der Waals surface area contributed by atoms with Gasteiger partial charge in [-0.2, -0.15) is 0 Å². The molecule has 5 fully saturated rings. The Kier molecular flexibility index (Phi) is 9.86. The van der Waals surface area contributed by atoms with Gasteiger partial charge in [0.1, 0.15) is 0 Å². The topological polar surface area (TPSA) is 178 Å². The number of hydrazine groups is 1. The maximum atomic E-state index is 13.8. The molecular formula is C28H47BN6O7. The van der Waals surface area contributed by atoms with Gasteiger partial charge >= 0.3 is 7.12 Å². The molecule has 0 radical (unpaired) electrons. The third-order valence-corrected chi connectivity index (χ3v) is 9.93. The number of nitrogens with two attached hydrogens (primary N) is 1. The van der Waals surface area contributed by atoms with Gasteiger partial charge < -0.3 is 25.3 Å². The predicted molar refractivity (Wildman–Crippen MR) is 156 cm³/mol. The van der Waals surface area contributed by atoms with E-state index in [1.807, 2.05) is 0 Å².